The van der Waals surface area contributed by atoms with Crippen molar-refractivity contribution in [3.8, 4) is 11.4 Å². The first-order valence-electron chi connectivity index (χ1n) is 10.8. The Morgan fingerprint density at radius 3 is 2.65 bits per heavy atom. The lowest BCUT2D eigenvalue weighted by Crippen LogP contribution is -2.47. The van der Waals surface area contributed by atoms with Crippen molar-refractivity contribution in [3.05, 3.63) is 71.5 Å². The molecule has 1 atom stereocenters. The number of rotatable bonds is 3. The fourth-order valence-electron chi connectivity index (χ4n) is 4.55. The summed E-state index contributed by atoms with van der Waals surface area (Å²) in [5.41, 5.74) is 4.34. The van der Waals surface area contributed by atoms with E-state index in [1.807, 2.05) is 29.2 Å². The van der Waals surface area contributed by atoms with E-state index in [9.17, 15) is 9.59 Å². The van der Waals surface area contributed by atoms with Gasteiger partial charge in [-0.2, -0.15) is 5.10 Å². The molecule has 1 fully saturated rings. The quantitative estimate of drug-likeness (QED) is 0.713. The summed E-state index contributed by atoms with van der Waals surface area (Å²) >= 11 is 0. The molecule has 7 heteroatoms. The van der Waals surface area contributed by atoms with Crippen molar-refractivity contribution in [3.63, 3.8) is 0 Å². The maximum atomic E-state index is 13.2. The predicted octanol–water partition coefficient (Wildman–Crippen LogP) is 2.91. The molecule has 1 N–H and O–H groups in total. The molecule has 1 aromatic carbocycles. The number of aromatic nitrogens is 3. The zero-order valence-electron chi connectivity index (χ0n) is 17.3. The molecule has 2 amide bonds. The van der Waals surface area contributed by atoms with Crippen molar-refractivity contribution in [2.75, 3.05) is 19.6 Å². The van der Waals surface area contributed by atoms with E-state index in [2.05, 4.69) is 33.4 Å². The zero-order chi connectivity index (χ0) is 21.2. The number of carbonyl (C=O) groups is 2. The number of aromatic amines is 1. The smallest absolute Gasteiger partial charge is 0.271 e. The van der Waals surface area contributed by atoms with Gasteiger partial charge in [0.05, 0.1) is 11.6 Å². The SMILES string of the molecule is O=C(c1cc(-c2ccccn2)n[nH]1)N1CCC[C@H](C(=O)N2CCc3ccccc3C2)C1. The monoisotopic (exact) mass is 415 g/mol. The predicted molar refractivity (Wildman–Crippen MR) is 116 cm³/mol. The first kappa shape index (κ1) is 19.5. The van der Waals surface area contributed by atoms with Gasteiger partial charge < -0.3 is 9.80 Å². The molecule has 2 aliphatic rings. The average molecular weight is 415 g/mol. The summed E-state index contributed by atoms with van der Waals surface area (Å²) in [6.45, 7) is 2.51. The van der Waals surface area contributed by atoms with Crippen LogP contribution in [0, 0.1) is 5.92 Å². The second kappa shape index (κ2) is 8.34. The Morgan fingerprint density at radius 2 is 1.81 bits per heavy atom. The minimum absolute atomic E-state index is 0.115. The van der Waals surface area contributed by atoms with Crippen molar-refractivity contribution < 1.29 is 9.59 Å². The molecule has 5 rings (SSSR count). The largest absolute Gasteiger partial charge is 0.338 e. The van der Waals surface area contributed by atoms with Gasteiger partial charge in [-0.25, -0.2) is 0 Å². The van der Waals surface area contributed by atoms with Crippen molar-refractivity contribution in [2.45, 2.75) is 25.8 Å². The minimum atomic E-state index is -0.152. The van der Waals surface area contributed by atoms with Gasteiger partial charge in [0.2, 0.25) is 5.91 Å². The summed E-state index contributed by atoms with van der Waals surface area (Å²) in [5.74, 6) is -0.108. The van der Waals surface area contributed by atoms with Crippen LogP contribution >= 0.6 is 0 Å². The number of hydrogen-bond acceptors (Lipinski definition) is 4. The van der Waals surface area contributed by atoms with Gasteiger partial charge in [0.15, 0.2) is 0 Å². The Hall–Kier alpha value is -3.48. The number of pyridine rings is 1. The van der Waals surface area contributed by atoms with Crippen LogP contribution in [0.4, 0.5) is 0 Å². The molecule has 0 bridgehead atoms. The molecule has 4 heterocycles. The molecule has 1 saturated heterocycles. The number of piperidine rings is 1. The van der Waals surface area contributed by atoms with Gasteiger partial charge in [-0.1, -0.05) is 30.3 Å². The summed E-state index contributed by atoms with van der Waals surface area (Å²) in [6.07, 6.45) is 4.24. The summed E-state index contributed by atoms with van der Waals surface area (Å²) < 4.78 is 0. The molecule has 158 valence electrons. The number of likely N-dealkylation sites (tertiary alicyclic amines) is 1. The minimum Gasteiger partial charge on any atom is -0.338 e. The van der Waals surface area contributed by atoms with E-state index >= 15 is 0 Å². The number of hydrogen-bond donors (Lipinski definition) is 1. The summed E-state index contributed by atoms with van der Waals surface area (Å²) in [6, 6.07) is 15.6. The lowest BCUT2D eigenvalue weighted by molar-refractivity contribution is -0.137. The van der Waals surface area contributed by atoms with Crippen LogP contribution in [0.3, 0.4) is 0 Å². The fourth-order valence-corrected chi connectivity index (χ4v) is 4.55. The maximum absolute atomic E-state index is 13.2. The van der Waals surface area contributed by atoms with Gasteiger partial charge in [-0.05, 0) is 48.6 Å². The van der Waals surface area contributed by atoms with E-state index in [-0.39, 0.29) is 17.7 Å². The second-order valence-electron chi connectivity index (χ2n) is 8.25. The molecule has 2 aliphatic heterocycles. The first-order valence-corrected chi connectivity index (χ1v) is 10.8. The number of benzene rings is 1. The van der Waals surface area contributed by atoms with Crippen LogP contribution < -0.4 is 0 Å². The number of nitrogens with one attached hydrogen (secondary N) is 1. The normalized spacial score (nSPS) is 18.5. The molecule has 7 nitrogen and oxygen atoms in total. The molecule has 0 spiro atoms. The van der Waals surface area contributed by atoms with E-state index in [4.69, 9.17) is 0 Å². The van der Waals surface area contributed by atoms with E-state index in [0.717, 1.165) is 31.5 Å². The highest BCUT2D eigenvalue weighted by atomic mass is 16.2. The number of H-pyrrole nitrogens is 1. The van der Waals surface area contributed by atoms with E-state index in [1.165, 1.54) is 11.1 Å². The van der Waals surface area contributed by atoms with Gasteiger partial charge in [0.1, 0.15) is 11.4 Å². The Kier molecular flexibility index (Phi) is 5.24. The van der Waals surface area contributed by atoms with Crippen LogP contribution in [-0.4, -0.2) is 56.4 Å². The van der Waals surface area contributed by atoms with E-state index < -0.39 is 0 Å². The highest BCUT2D eigenvalue weighted by Crippen LogP contribution is 2.25. The molecule has 2 aromatic heterocycles. The fraction of sp³-hybridized carbons (Fsp3) is 0.333. The van der Waals surface area contributed by atoms with Crippen LogP contribution in [0.2, 0.25) is 0 Å². The Labute approximate surface area is 181 Å². The topological polar surface area (TPSA) is 82.2 Å². The van der Waals surface area contributed by atoms with Crippen molar-refractivity contribution in [2.24, 2.45) is 5.92 Å². The lowest BCUT2D eigenvalue weighted by atomic mass is 9.93. The Balaban J connectivity index is 1.26. The van der Waals surface area contributed by atoms with Crippen molar-refractivity contribution in [1.29, 1.82) is 0 Å². The first-order chi connectivity index (χ1) is 15.2. The van der Waals surface area contributed by atoms with Gasteiger partial charge >= 0.3 is 0 Å². The Bertz CT molecular complexity index is 1090. The van der Waals surface area contributed by atoms with Crippen LogP contribution in [0.15, 0.2) is 54.7 Å². The number of amides is 2. The summed E-state index contributed by atoms with van der Waals surface area (Å²) in [7, 11) is 0. The third-order valence-corrected chi connectivity index (χ3v) is 6.24. The maximum Gasteiger partial charge on any atom is 0.271 e. The van der Waals surface area contributed by atoms with Crippen molar-refractivity contribution >= 4 is 11.8 Å². The average Bonchev–Trinajstić information content (AvgIpc) is 3.34. The number of carbonyl (C=O) groups excluding carboxylic acids is 2. The van der Waals surface area contributed by atoms with Crippen molar-refractivity contribution in [1.82, 2.24) is 25.0 Å². The van der Waals surface area contributed by atoms with Gasteiger partial charge in [0, 0.05) is 32.4 Å². The van der Waals surface area contributed by atoms with Crippen LogP contribution in [0.1, 0.15) is 34.5 Å². The van der Waals surface area contributed by atoms with Crippen LogP contribution in [0.5, 0.6) is 0 Å². The zero-order valence-corrected chi connectivity index (χ0v) is 17.3. The number of fused-ring (bicyclic) bond motifs is 1. The molecule has 0 unspecified atom stereocenters. The van der Waals surface area contributed by atoms with E-state index in [1.54, 1.807) is 17.2 Å². The summed E-state index contributed by atoms with van der Waals surface area (Å²) in [4.78, 5) is 34.3. The van der Waals surface area contributed by atoms with Gasteiger partial charge in [0.25, 0.3) is 5.91 Å². The molecule has 0 saturated carbocycles. The lowest BCUT2D eigenvalue weighted by Gasteiger charge is -2.36. The molecular weight excluding hydrogens is 390 g/mol. The number of nitrogens with zero attached hydrogens (tertiary/aromatic N) is 4. The van der Waals surface area contributed by atoms with Gasteiger partial charge in [-0.15, -0.1) is 0 Å². The summed E-state index contributed by atoms with van der Waals surface area (Å²) in [5, 5.41) is 7.08. The molecular formula is C24H25N5O2. The standard InChI is InChI=1S/C24H25N5O2/c30-23(29-13-10-17-6-1-2-7-18(17)15-29)19-8-5-12-28(16-19)24(31)22-14-21(26-27-22)20-9-3-4-11-25-20/h1-4,6-7,9,11,14,19H,5,8,10,12-13,15-16H2,(H,26,27)/t19-/m0/s1. The van der Waals surface area contributed by atoms with E-state index in [0.29, 0.717) is 31.0 Å². The molecule has 0 radical (unpaired) electrons. The molecule has 0 aliphatic carbocycles. The third kappa shape index (κ3) is 3.95. The third-order valence-electron chi connectivity index (χ3n) is 6.24. The van der Waals surface area contributed by atoms with Crippen LogP contribution in [-0.2, 0) is 17.8 Å². The van der Waals surface area contributed by atoms with Crippen LogP contribution in [0.25, 0.3) is 11.4 Å². The molecule has 3 aromatic rings. The highest BCUT2D eigenvalue weighted by Gasteiger charge is 2.33. The molecule has 31 heavy (non-hydrogen) atoms. The van der Waals surface area contributed by atoms with Gasteiger partial charge in [-0.3, -0.25) is 19.7 Å². The second-order valence-corrected chi connectivity index (χ2v) is 8.25. The highest BCUT2D eigenvalue weighted by molar-refractivity contribution is 5.94. The Morgan fingerprint density at radius 1 is 0.968 bits per heavy atom.